The van der Waals surface area contributed by atoms with Crippen LogP contribution in [0.15, 0.2) is 42.5 Å². The predicted molar refractivity (Wildman–Crippen MR) is 75.8 cm³/mol. The van der Waals surface area contributed by atoms with Crippen molar-refractivity contribution in [1.82, 2.24) is 0 Å². The van der Waals surface area contributed by atoms with Gasteiger partial charge in [0.25, 0.3) is 0 Å². The van der Waals surface area contributed by atoms with E-state index >= 15 is 0 Å². The number of carboxylic acids is 1. The molecule has 20 heavy (non-hydrogen) atoms. The van der Waals surface area contributed by atoms with Crippen LogP contribution in [0.4, 0.5) is 0 Å². The Hall–Kier alpha value is -2.49. The molecule has 0 saturated heterocycles. The van der Waals surface area contributed by atoms with E-state index in [4.69, 9.17) is 14.6 Å². The van der Waals surface area contributed by atoms with Gasteiger partial charge in [0.2, 0.25) is 0 Å². The normalized spacial score (nSPS) is 10.1. The molecule has 0 heterocycles. The fraction of sp³-hybridized carbons (Fsp3) is 0.188. The molecular weight excluding hydrogens is 256 g/mol. The van der Waals surface area contributed by atoms with Crippen LogP contribution in [-0.2, 0) is 0 Å². The third-order valence-electron chi connectivity index (χ3n) is 2.78. The van der Waals surface area contributed by atoms with Gasteiger partial charge in [0.05, 0.1) is 12.2 Å². The summed E-state index contributed by atoms with van der Waals surface area (Å²) in [5.74, 6) is 1.05. The molecule has 0 amide bonds. The monoisotopic (exact) mass is 272 g/mol. The van der Waals surface area contributed by atoms with Gasteiger partial charge in [0.15, 0.2) is 0 Å². The summed E-state index contributed by atoms with van der Waals surface area (Å²) in [7, 11) is 0. The number of aryl methyl sites for hydroxylation is 1. The van der Waals surface area contributed by atoms with Crippen molar-refractivity contribution in [2.24, 2.45) is 0 Å². The average Bonchev–Trinajstić information content (AvgIpc) is 2.39. The zero-order chi connectivity index (χ0) is 14.5. The van der Waals surface area contributed by atoms with E-state index in [0.29, 0.717) is 23.7 Å². The maximum Gasteiger partial charge on any atom is 0.335 e. The molecule has 4 heteroatoms. The summed E-state index contributed by atoms with van der Waals surface area (Å²) in [5.41, 5.74) is 0.941. The first-order chi connectivity index (χ1) is 9.60. The highest BCUT2D eigenvalue weighted by Gasteiger charge is 2.08. The standard InChI is InChI=1S/C16H16O4/c1-3-19-12-5-4-6-13(10-12)20-14-7-8-15(16(17)18)11(2)9-14/h4-10H,3H2,1-2H3,(H,17,18). The highest BCUT2D eigenvalue weighted by Crippen LogP contribution is 2.26. The number of ether oxygens (including phenoxy) is 2. The minimum absolute atomic E-state index is 0.278. The van der Waals surface area contributed by atoms with Crippen LogP contribution < -0.4 is 9.47 Å². The van der Waals surface area contributed by atoms with Gasteiger partial charge in [-0.1, -0.05) is 6.07 Å². The lowest BCUT2D eigenvalue weighted by Crippen LogP contribution is -1.99. The Labute approximate surface area is 117 Å². The van der Waals surface area contributed by atoms with Gasteiger partial charge in [-0.25, -0.2) is 4.79 Å². The van der Waals surface area contributed by atoms with Gasteiger partial charge < -0.3 is 14.6 Å². The molecule has 0 radical (unpaired) electrons. The van der Waals surface area contributed by atoms with Crippen molar-refractivity contribution in [2.75, 3.05) is 6.61 Å². The number of rotatable bonds is 5. The highest BCUT2D eigenvalue weighted by molar-refractivity contribution is 5.89. The fourth-order valence-electron chi connectivity index (χ4n) is 1.87. The Morgan fingerprint density at radius 1 is 1.10 bits per heavy atom. The van der Waals surface area contributed by atoms with E-state index in [1.54, 1.807) is 31.2 Å². The largest absolute Gasteiger partial charge is 0.494 e. The molecule has 0 fully saturated rings. The molecular formula is C16H16O4. The third kappa shape index (κ3) is 3.29. The van der Waals surface area contributed by atoms with Crippen molar-refractivity contribution in [3.63, 3.8) is 0 Å². The summed E-state index contributed by atoms with van der Waals surface area (Å²) in [5, 5.41) is 8.98. The predicted octanol–water partition coefficient (Wildman–Crippen LogP) is 3.88. The smallest absolute Gasteiger partial charge is 0.335 e. The second kappa shape index (κ2) is 6.10. The number of aromatic carboxylic acids is 1. The van der Waals surface area contributed by atoms with Gasteiger partial charge in [-0.2, -0.15) is 0 Å². The number of carboxylic acid groups (broad SMARTS) is 1. The summed E-state index contributed by atoms with van der Waals surface area (Å²) < 4.78 is 11.1. The molecule has 0 aromatic heterocycles. The van der Waals surface area contributed by atoms with Crippen LogP contribution in [0.5, 0.6) is 17.2 Å². The Morgan fingerprint density at radius 3 is 2.45 bits per heavy atom. The molecule has 0 aliphatic carbocycles. The minimum Gasteiger partial charge on any atom is -0.494 e. The van der Waals surface area contributed by atoms with E-state index in [0.717, 1.165) is 5.75 Å². The second-order valence-corrected chi connectivity index (χ2v) is 4.29. The summed E-state index contributed by atoms with van der Waals surface area (Å²) >= 11 is 0. The van der Waals surface area contributed by atoms with Crippen LogP contribution >= 0.6 is 0 Å². The topological polar surface area (TPSA) is 55.8 Å². The molecule has 2 rings (SSSR count). The Kier molecular flexibility index (Phi) is 4.25. The molecule has 0 spiro atoms. The quantitative estimate of drug-likeness (QED) is 0.897. The van der Waals surface area contributed by atoms with Crippen molar-refractivity contribution in [3.05, 3.63) is 53.6 Å². The van der Waals surface area contributed by atoms with E-state index in [-0.39, 0.29) is 5.56 Å². The van der Waals surface area contributed by atoms with Gasteiger partial charge in [-0.3, -0.25) is 0 Å². The Morgan fingerprint density at radius 2 is 1.80 bits per heavy atom. The number of hydrogen-bond acceptors (Lipinski definition) is 3. The highest BCUT2D eigenvalue weighted by atomic mass is 16.5. The molecule has 0 unspecified atom stereocenters. The van der Waals surface area contributed by atoms with Gasteiger partial charge >= 0.3 is 5.97 Å². The van der Waals surface area contributed by atoms with Crippen molar-refractivity contribution in [1.29, 1.82) is 0 Å². The number of carbonyl (C=O) groups is 1. The minimum atomic E-state index is -0.938. The molecule has 0 aliphatic heterocycles. The maximum atomic E-state index is 11.0. The van der Waals surface area contributed by atoms with Crippen LogP contribution in [0.1, 0.15) is 22.8 Å². The summed E-state index contributed by atoms with van der Waals surface area (Å²) in [6, 6.07) is 12.2. The molecule has 2 aromatic carbocycles. The molecule has 0 aliphatic rings. The van der Waals surface area contributed by atoms with E-state index in [1.807, 2.05) is 25.1 Å². The van der Waals surface area contributed by atoms with E-state index < -0.39 is 5.97 Å². The zero-order valence-electron chi connectivity index (χ0n) is 11.4. The molecule has 2 aromatic rings. The number of benzene rings is 2. The summed E-state index contributed by atoms with van der Waals surface area (Å²) in [6.07, 6.45) is 0. The Bertz CT molecular complexity index is 620. The first-order valence-corrected chi connectivity index (χ1v) is 6.35. The van der Waals surface area contributed by atoms with Crippen molar-refractivity contribution in [3.8, 4) is 17.2 Å². The molecule has 4 nitrogen and oxygen atoms in total. The van der Waals surface area contributed by atoms with Crippen LogP contribution in [0.2, 0.25) is 0 Å². The lowest BCUT2D eigenvalue weighted by Gasteiger charge is -2.09. The van der Waals surface area contributed by atoms with Crippen molar-refractivity contribution in [2.45, 2.75) is 13.8 Å². The van der Waals surface area contributed by atoms with Crippen LogP contribution in [-0.4, -0.2) is 17.7 Å². The summed E-state index contributed by atoms with van der Waals surface area (Å²) in [6.45, 7) is 4.25. The SMILES string of the molecule is CCOc1cccc(Oc2ccc(C(=O)O)c(C)c2)c1. The fourth-order valence-corrected chi connectivity index (χ4v) is 1.87. The second-order valence-electron chi connectivity index (χ2n) is 4.29. The van der Waals surface area contributed by atoms with Crippen LogP contribution in [0, 0.1) is 6.92 Å². The first-order valence-electron chi connectivity index (χ1n) is 6.35. The zero-order valence-corrected chi connectivity index (χ0v) is 11.4. The Balaban J connectivity index is 2.19. The third-order valence-corrected chi connectivity index (χ3v) is 2.78. The van der Waals surface area contributed by atoms with Crippen LogP contribution in [0.3, 0.4) is 0 Å². The first kappa shape index (κ1) is 13.9. The molecule has 1 N–H and O–H groups in total. The van der Waals surface area contributed by atoms with Gasteiger partial charge in [-0.05, 0) is 49.7 Å². The van der Waals surface area contributed by atoms with Gasteiger partial charge in [0, 0.05) is 6.07 Å². The average molecular weight is 272 g/mol. The maximum absolute atomic E-state index is 11.0. The van der Waals surface area contributed by atoms with Crippen molar-refractivity contribution < 1.29 is 19.4 Å². The lowest BCUT2D eigenvalue weighted by atomic mass is 10.1. The molecule has 0 atom stereocenters. The van der Waals surface area contributed by atoms with E-state index in [2.05, 4.69) is 0 Å². The lowest BCUT2D eigenvalue weighted by molar-refractivity contribution is 0.0696. The van der Waals surface area contributed by atoms with Crippen LogP contribution in [0.25, 0.3) is 0 Å². The van der Waals surface area contributed by atoms with Crippen molar-refractivity contribution >= 4 is 5.97 Å². The van der Waals surface area contributed by atoms with E-state index in [1.165, 1.54) is 0 Å². The van der Waals surface area contributed by atoms with Gasteiger partial charge in [0.1, 0.15) is 17.2 Å². The van der Waals surface area contributed by atoms with Gasteiger partial charge in [-0.15, -0.1) is 0 Å². The molecule has 104 valence electrons. The molecule has 0 bridgehead atoms. The number of hydrogen-bond donors (Lipinski definition) is 1. The van der Waals surface area contributed by atoms with E-state index in [9.17, 15) is 4.79 Å². The molecule has 0 saturated carbocycles. The summed E-state index contributed by atoms with van der Waals surface area (Å²) in [4.78, 5) is 11.0.